The zero-order valence-corrected chi connectivity index (χ0v) is 8.44. The third-order valence-electron chi connectivity index (χ3n) is 1.37. The largest absolute Gasteiger partial charge is 0.298 e. The Morgan fingerprint density at radius 2 is 2.23 bits per heavy atom. The summed E-state index contributed by atoms with van der Waals surface area (Å²) in [6.07, 6.45) is -2.42. The minimum atomic E-state index is -2.74. The maximum Gasteiger partial charge on any atom is 0.264 e. The van der Waals surface area contributed by atoms with Gasteiger partial charge in [0.2, 0.25) is 0 Å². The topological polar surface area (TPSA) is 30.0 Å². The van der Waals surface area contributed by atoms with Gasteiger partial charge >= 0.3 is 0 Å². The van der Waals surface area contributed by atoms with Gasteiger partial charge in [-0.1, -0.05) is 11.6 Å². The normalized spacial score (nSPS) is 10.5. The molecule has 1 heterocycles. The van der Waals surface area contributed by atoms with Crippen LogP contribution in [0.1, 0.15) is 22.3 Å². The quantitative estimate of drug-likeness (QED) is 0.610. The van der Waals surface area contributed by atoms with Crippen LogP contribution < -0.4 is 0 Å². The smallest absolute Gasteiger partial charge is 0.264 e. The van der Waals surface area contributed by atoms with Gasteiger partial charge in [0, 0.05) is 5.56 Å². The molecule has 1 aromatic rings. The fourth-order valence-corrected chi connectivity index (χ4v) is 1.63. The second kappa shape index (κ2) is 4.11. The van der Waals surface area contributed by atoms with E-state index in [4.69, 9.17) is 11.6 Å². The van der Waals surface area contributed by atoms with E-state index >= 15 is 0 Å². The summed E-state index contributed by atoms with van der Waals surface area (Å²) in [5.74, 6) is 0. The monoisotopic (exact) mass is 269 g/mol. The molecule has 0 radical (unpaired) electrons. The van der Waals surface area contributed by atoms with Crippen LogP contribution in [0.25, 0.3) is 0 Å². The van der Waals surface area contributed by atoms with Crippen molar-refractivity contribution in [1.82, 2.24) is 4.98 Å². The molecular formula is C7H3BrClF2NO. The Bertz CT molecular complexity index is 346. The molecule has 0 spiro atoms. The first-order chi connectivity index (χ1) is 6.06. The first-order valence-electron chi connectivity index (χ1n) is 3.15. The standard InChI is InChI=1S/C7H3BrClF2NO/c8-6-4(2-13)3(7(10)11)1-5(9)12-6/h1-2,7H. The Labute approximate surface area is 86.0 Å². The predicted octanol–water partition coefficient (Wildman–Crippen LogP) is 3.25. The van der Waals surface area contributed by atoms with Crippen LogP contribution in [0.15, 0.2) is 10.7 Å². The number of aldehydes is 1. The zero-order chi connectivity index (χ0) is 10.0. The van der Waals surface area contributed by atoms with Crippen molar-refractivity contribution in [3.05, 3.63) is 26.9 Å². The summed E-state index contributed by atoms with van der Waals surface area (Å²) in [5.41, 5.74) is -0.582. The summed E-state index contributed by atoms with van der Waals surface area (Å²) >= 11 is 8.30. The molecule has 0 fully saturated rings. The molecule has 0 saturated heterocycles. The van der Waals surface area contributed by atoms with E-state index in [1.807, 2.05) is 0 Å². The number of aromatic nitrogens is 1. The highest BCUT2D eigenvalue weighted by atomic mass is 79.9. The molecule has 0 aliphatic rings. The first kappa shape index (κ1) is 10.5. The molecule has 13 heavy (non-hydrogen) atoms. The lowest BCUT2D eigenvalue weighted by molar-refractivity contribution is 0.110. The van der Waals surface area contributed by atoms with Crippen LogP contribution in [0.4, 0.5) is 8.78 Å². The number of pyridine rings is 1. The Balaban J connectivity index is 3.38. The first-order valence-corrected chi connectivity index (χ1v) is 4.32. The Morgan fingerprint density at radius 3 is 2.69 bits per heavy atom. The fraction of sp³-hybridized carbons (Fsp3) is 0.143. The highest BCUT2D eigenvalue weighted by molar-refractivity contribution is 9.10. The van der Waals surface area contributed by atoms with Crippen molar-refractivity contribution < 1.29 is 13.6 Å². The Kier molecular flexibility index (Phi) is 3.33. The molecule has 0 atom stereocenters. The third-order valence-corrected chi connectivity index (χ3v) is 2.16. The summed E-state index contributed by atoms with van der Waals surface area (Å²) in [4.78, 5) is 14.0. The molecular weight excluding hydrogens is 267 g/mol. The molecule has 0 N–H and O–H groups in total. The van der Waals surface area contributed by atoms with E-state index in [9.17, 15) is 13.6 Å². The number of hydrogen-bond donors (Lipinski definition) is 0. The molecule has 1 rings (SSSR count). The predicted molar refractivity (Wildman–Crippen MR) is 47.3 cm³/mol. The average molecular weight is 270 g/mol. The van der Waals surface area contributed by atoms with Crippen LogP contribution in [-0.2, 0) is 0 Å². The van der Waals surface area contributed by atoms with Gasteiger partial charge in [0.05, 0.1) is 5.56 Å². The van der Waals surface area contributed by atoms with Crippen LogP contribution in [-0.4, -0.2) is 11.3 Å². The van der Waals surface area contributed by atoms with Crippen molar-refractivity contribution in [3.63, 3.8) is 0 Å². The van der Waals surface area contributed by atoms with E-state index in [1.165, 1.54) is 0 Å². The van der Waals surface area contributed by atoms with Gasteiger partial charge in [-0.3, -0.25) is 4.79 Å². The molecule has 0 aliphatic carbocycles. The van der Waals surface area contributed by atoms with Crippen LogP contribution >= 0.6 is 27.5 Å². The number of halogens is 4. The van der Waals surface area contributed by atoms with E-state index in [0.29, 0.717) is 6.29 Å². The summed E-state index contributed by atoms with van der Waals surface area (Å²) < 4.78 is 24.6. The molecule has 2 nitrogen and oxygen atoms in total. The van der Waals surface area contributed by atoms with E-state index in [2.05, 4.69) is 20.9 Å². The molecule has 0 amide bonds. The minimum absolute atomic E-state index is 0.0327. The van der Waals surface area contributed by atoms with Crippen molar-refractivity contribution in [1.29, 1.82) is 0 Å². The van der Waals surface area contributed by atoms with Crippen LogP contribution in [0.5, 0.6) is 0 Å². The average Bonchev–Trinajstić information content (AvgIpc) is 2.02. The van der Waals surface area contributed by atoms with Crippen LogP contribution in [0.2, 0.25) is 5.15 Å². The van der Waals surface area contributed by atoms with Crippen molar-refractivity contribution in [2.45, 2.75) is 6.43 Å². The van der Waals surface area contributed by atoms with Gasteiger partial charge in [-0.2, -0.15) is 0 Å². The molecule has 0 unspecified atom stereocenters. The van der Waals surface area contributed by atoms with E-state index in [-0.39, 0.29) is 15.3 Å². The molecule has 1 aromatic heterocycles. The summed E-state index contributed by atoms with van der Waals surface area (Å²) in [6, 6.07) is 0.973. The molecule has 0 bridgehead atoms. The van der Waals surface area contributed by atoms with Gasteiger partial charge < -0.3 is 0 Å². The van der Waals surface area contributed by atoms with Gasteiger partial charge in [-0.15, -0.1) is 0 Å². The van der Waals surface area contributed by atoms with Gasteiger partial charge in [-0.25, -0.2) is 13.8 Å². The lowest BCUT2D eigenvalue weighted by Crippen LogP contribution is -1.97. The highest BCUT2D eigenvalue weighted by Crippen LogP contribution is 2.28. The minimum Gasteiger partial charge on any atom is -0.298 e. The maximum atomic E-state index is 12.3. The number of carbonyl (C=O) groups is 1. The number of carbonyl (C=O) groups excluding carboxylic acids is 1. The number of hydrogen-bond acceptors (Lipinski definition) is 2. The number of alkyl halides is 2. The van der Waals surface area contributed by atoms with Crippen molar-refractivity contribution >= 4 is 33.8 Å². The summed E-state index contributed by atoms with van der Waals surface area (Å²) in [5, 5.41) is -0.0761. The second-order valence-corrected chi connectivity index (χ2v) is 3.30. The molecule has 6 heteroatoms. The van der Waals surface area contributed by atoms with Gasteiger partial charge in [0.15, 0.2) is 6.29 Å². The molecule has 70 valence electrons. The zero-order valence-electron chi connectivity index (χ0n) is 6.10. The fourth-order valence-electron chi connectivity index (χ4n) is 0.809. The Hall–Kier alpha value is -0.550. The van der Waals surface area contributed by atoms with E-state index in [0.717, 1.165) is 6.07 Å². The summed E-state index contributed by atoms with van der Waals surface area (Å²) in [6.45, 7) is 0. The van der Waals surface area contributed by atoms with Gasteiger partial charge in [0.1, 0.15) is 9.76 Å². The van der Waals surface area contributed by atoms with E-state index in [1.54, 1.807) is 0 Å². The van der Waals surface area contributed by atoms with Crippen molar-refractivity contribution in [2.24, 2.45) is 0 Å². The highest BCUT2D eigenvalue weighted by Gasteiger charge is 2.17. The maximum absolute atomic E-state index is 12.3. The SMILES string of the molecule is O=Cc1c(C(F)F)cc(Cl)nc1Br. The third kappa shape index (κ3) is 2.22. The van der Waals surface area contributed by atoms with Crippen molar-refractivity contribution in [3.8, 4) is 0 Å². The van der Waals surface area contributed by atoms with Gasteiger partial charge in [-0.05, 0) is 22.0 Å². The Morgan fingerprint density at radius 1 is 1.62 bits per heavy atom. The number of nitrogens with zero attached hydrogens (tertiary/aromatic N) is 1. The van der Waals surface area contributed by atoms with Crippen LogP contribution in [0.3, 0.4) is 0 Å². The van der Waals surface area contributed by atoms with Crippen molar-refractivity contribution in [2.75, 3.05) is 0 Å². The molecule has 0 aliphatic heterocycles. The lowest BCUT2D eigenvalue weighted by Gasteiger charge is -2.04. The summed E-state index contributed by atoms with van der Waals surface area (Å²) in [7, 11) is 0. The molecule has 0 saturated carbocycles. The molecule has 0 aromatic carbocycles. The lowest BCUT2D eigenvalue weighted by atomic mass is 10.2. The second-order valence-electron chi connectivity index (χ2n) is 2.16. The van der Waals surface area contributed by atoms with Crippen LogP contribution in [0, 0.1) is 0 Å². The number of rotatable bonds is 2. The van der Waals surface area contributed by atoms with Gasteiger partial charge in [0.25, 0.3) is 6.43 Å². The van der Waals surface area contributed by atoms with E-state index < -0.39 is 12.0 Å².